The number of unbranched alkanes of at least 4 members (excludes halogenated alkanes) is 1. The quantitative estimate of drug-likeness (QED) is 0.115. The maximum absolute atomic E-state index is 15.5. The fraction of sp³-hybridized carbons (Fsp3) is 0.692. The molecule has 206 valence electrons. The molecule has 1 aliphatic rings. The molecule has 0 spiro atoms. The van der Waals surface area contributed by atoms with Crippen LogP contribution in [0.25, 0.3) is 0 Å². The minimum Gasteiger partial charge on any atom is -0.382 e. The lowest BCUT2D eigenvalue weighted by Crippen LogP contribution is -2.46. The van der Waals surface area contributed by atoms with Crippen molar-refractivity contribution in [3.8, 4) is 0 Å². The Morgan fingerprint density at radius 1 is 1.31 bits per heavy atom. The van der Waals surface area contributed by atoms with E-state index in [0.717, 1.165) is 24.7 Å². The number of aldehydes is 1. The molecule has 10 heteroatoms. The van der Waals surface area contributed by atoms with Crippen molar-refractivity contribution >= 4 is 12.6 Å². The molecule has 3 unspecified atom stereocenters. The summed E-state index contributed by atoms with van der Waals surface area (Å²) in [7, 11) is 0. The summed E-state index contributed by atoms with van der Waals surface area (Å²) in [5.41, 5.74) is 0.766. The highest BCUT2D eigenvalue weighted by atomic mass is 19.4. The first-order valence-electron chi connectivity index (χ1n) is 12.6. The lowest BCUT2D eigenvalue weighted by atomic mass is 10.0. The molecule has 1 aliphatic heterocycles. The van der Waals surface area contributed by atoms with Crippen molar-refractivity contribution in [2.75, 3.05) is 26.3 Å². The van der Waals surface area contributed by atoms with E-state index < -0.39 is 30.5 Å². The van der Waals surface area contributed by atoms with E-state index >= 15 is 4.39 Å². The molecule has 0 aromatic heterocycles. The van der Waals surface area contributed by atoms with Crippen LogP contribution in [0.1, 0.15) is 60.3 Å². The normalized spacial score (nSPS) is 18.8. The molecule has 0 saturated heterocycles. The maximum atomic E-state index is 15.5. The number of allylic oxidation sites excluding steroid dienone is 2. The molecule has 0 aliphatic carbocycles. The molecule has 0 aromatic carbocycles. The number of hydrogen-bond donors (Lipinski definition) is 2. The van der Waals surface area contributed by atoms with Gasteiger partial charge in [0, 0.05) is 44.7 Å². The number of alkyl halides is 3. The first kappa shape index (κ1) is 31.8. The van der Waals surface area contributed by atoms with Crippen molar-refractivity contribution in [3.63, 3.8) is 0 Å². The second-order valence-electron chi connectivity index (χ2n) is 9.27. The van der Waals surface area contributed by atoms with Crippen LogP contribution in [0.5, 0.6) is 0 Å². The number of nitrogens with zero attached hydrogens (tertiary/aromatic N) is 2. The van der Waals surface area contributed by atoms with Gasteiger partial charge in [-0.3, -0.25) is 4.90 Å². The summed E-state index contributed by atoms with van der Waals surface area (Å²) < 4.78 is 58.7. The summed E-state index contributed by atoms with van der Waals surface area (Å²) in [6.07, 6.45) is 3.66. The van der Waals surface area contributed by atoms with Gasteiger partial charge in [0.1, 0.15) is 12.1 Å². The van der Waals surface area contributed by atoms with Crippen molar-refractivity contribution in [2.45, 2.75) is 78.7 Å². The Morgan fingerprint density at radius 2 is 2.03 bits per heavy atom. The van der Waals surface area contributed by atoms with Crippen molar-refractivity contribution in [1.29, 1.82) is 0 Å². The number of nitrogens with one attached hydrogen (secondary N) is 2. The SMILES string of the molecule is C/C=C(\C=C/C(C)CC(F)(F)F)CN(C(C)C)C1N=CNC(NCC(C=O)CCCCOCC)=C1F. The van der Waals surface area contributed by atoms with Crippen LogP contribution in [-0.4, -0.2) is 62.2 Å². The zero-order chi connectivity index (χ0) is 27.1. The predicted octanol–water partition coefficient (Wildman–Crippen LogP) is 5.50. The highest BCUT2D eigenvalue weighted by molar-refractivity contribution is 5.60. The van der Waals surface area contributed by atoms with Crippen molar-refractivity contribution in [2.24, 2.45) is 16.8 Å². The molecular formula is C26H42F4N4O2. The van der Waals surface area contributed by atoms with Gasteiger partial charge in [-0.05, 0) is 52.0 Å². The summed E-state index contributed by atoms with van der Waals surface area (Å²) in [6, 6.07) is -0.0961. The Hall–Kier alpha value is -2.20. The van der Waals surface area contributed by atoms with Crippen LogP contribution >= 0.6 is 0 Å². The molecule has 0 fully saturated rings. The van der Waals surface area contributed by atoms with Gasteiger partial charge in [0.2, 0.25) is 0 Å². The minimum absolute atomic E-state index is 0.0961. The van der Waals surface area contributed by atoms with Crippen LogP contribution < -0.4 is 10.6 Å². The third-order valence-corrected chi connectivity index (χ3v) is 5.85. The Kier molecular flexibility index (Phi) is 14.6. The molecule has 0 amide bonds. The van der Waals surface area contributed by atoms with E-state index in [1.165, 1.54) is 19.3 Å². The first-order valence-corrected chi connectivity index (χ1v) is 12.6. The molecule has 0 saturated carbocycles. The Balaban J connectivity index is 2.83. The molecule has 3 atom stereocenters. The van der Waals surface area contributed by atoms with Crippen LogP contribution in [0, 0.1) is 11.8 Å². The average molecular weight is 519 g/mol. The molecule has 0 aromatic rings. The van der Waals surface area contributed by atoms with Crippen molar-refractivity contribution in [1.82, 2.24) is 15.5 Å². The van der Waals surface area contributed by atoms with Gasteiger partial charge in [0.15, 0.2) is 12.0 Å². The lowest BCUT2D eigenvalue weighted by molar-refractivity contribution is -0.140. The molecule has 1 heterocycles. The van der Waals surface area contributed by atoms with E-state index in [0.29, 0.717) is 26.2 Å². The van der Waals surface area contributed by atoms with Crippen LogP contribution in [-0.2, 0) is 9.53 Å². The molecule has 0 radical (unpaired) electrons. The largest absolute Gasteiger partial charge is 0.389 e. The van der Waals surface area contributed by atoms with E-state index in [-0.39, 0.29) is 24.3 Å². The highest BCUT2D eigenvalue weighted by Gasteiger charge is 2.30. The fourth-order valence-electron chi connectivity index (χ4n) is 3.73. The average Bonchev–Trinajstić information content (AvgIpc) is 2.81. The van der Waals surface area contributed by atoms with E-state index in [2.05, 4.69) is 15.6 Å². The second kappa shape index (κ2) is 16.5. The second-order valence-corrected chi connectivity index (χ2v) is 9.27. The summed E-state index contributed by atoms with van der Waals surface area (Å²) in [4.78, 5) is 17.6. The number of carbonyl (C=O) groups is 1. The summed E-state index contributed by atoms with van der Waals surface area (Å²) in [6.45, 7) is 11.0. The molecule has 2 N–H and O–H groups in total. The summed E-state index contributed by atoms with van der Waals surface area (Å²) in [5.74, 6) is -1.26. The van der Waals surface area contributed by atoms with Gasteiger partial charge in [-0.25, -0.2) is 9.38 Å². The number of halogens is 4. The number of ether oxygens (including phenoxy) is 1. The van der Waals surface area contributed by atoms with E-state index in [4.69, 9.17) is 4.74 Å². The monoisotopic (exact) mass is 518 g/mol. The standard InChI is InChI=1S/C26H42F4N4O2/c1-6-21(12-11-20(5)14-26(28,29)30)16-34(19(3)4)25-23(27)24(32-18-33-25)31-15-22(17-35)10-8-9-13-36-7-2/h6,11-12,17-20,22,25,31H,7-10,13-16H2,1-5H3,(H,32,33)/b12-11-,21-6+. The Labute approximate surface area is 212 Å². The summed E-state index contributed by atoms with van der Waals surface area (Å²) >= 11 is 0. The summed E-state index contributed by atoms with van der Waals surface area (Å²) in [5, 5.41) is 5.79. The zero-order valence-corrected chi connectivity index (χ0v) is 22.1. The molecule has 1 rings (SSSR count). The van der Waals surface area contributed by atoms with E-state index in [9.17, 15) is 18.0 Å². The number of carbonyl (C=O) groups excluding carboxylic acids is 1. The first-order chi connectivity index (χ1) is 17.0. The van der Waals surface area contributed by atoms with Crippen LogP contribution in [0.3, 0.4) is 0 Å². The van der Waals surface area contributed by atoms with Gasteiger partial charge in [0.05, 0.1) is 6.34 Å². The highest BCUT2D eigenvalue weighted by Crippen LogP contribution is 2.26. The third kappa shape index (κ3) is 12.2. The van der Waals surface area contributed by atoms with Crippen molar-refractivity contribution < 1.29 is 27.1 Å². The van der Waals surface area contributed by atoms with Crippen LogP contribution in [0.15, 0.2) is 40.4 Å². The predicted molar refractivity (Wildman–Crippen MR) is 136 cm³/mol. The van der Waals surface area contributed by atoms with Crippen molar-refractivity contribution in [3.05, 3.63) is 35.4 Å². The maximum Gasteiger partial charge on any atom is 0.389 e. The Morgan fingerprint density at radius 3 is 2.61 bits per heavy atom. The lowest BCUT2D eigenvalue weighted by Gasteiger charge is -2.34. The number of hydrogen-bond acceptors (Lipinski definition) is 6. The minimum atomic E-state index is -4.22. The topological polar surface area (TPSA) is 66.0 Å². The van der Waals surface area contributed by atoms with E-state index in [1.807, 2.05) is 25.7 Å². The van der Waals surface area contributed by atoms with Crippen LogP contribution in [0.2, 0.25) is 0 Å². The van der Waals surface area contributed by atoms with Crippen LogP contribution in [0.4, 0.5) is 17.6 Å². The molecule has 36 heavy (non-hydrogen) atoms. The van der Waals surface area contributed by atoms with Gasteiger partial charge in [0.25, 0.3) is 0 Å². The smallest absolute Gasteiger partial charge is 0.382 e. The number of rotatable bonds is 17. The Bertz CT molecular complexity index is 778. The molecule has 6 nitrogen and oxygen atoms in total. The van der Waals surface area contributed by atoms with Gasteiger partial charge in [-0.15, -0.1) is 0 Å². The van der Waals surface area contributed by atoms with E-state index in [1.54, 1.807) is 19.1 Å². The fourth-order valence-corrected chi connectivity index (χ4v) is 3.73. The molecular weight excluding hydrogens is 476 g/mol. The third-order valence-electron chi connectivity index (χ3n) is 5.85. The van der Waals surface area contributed by atoms with Gasteiger partial charge in [-0.2, -0.15) is 13.2 Å². The zero-order valence-electron chi connectivity index (χ0n) is 22.1. The number of aliphatic imine (C=N–C) groups is 1. The molecule has 0 bridgehead atoms. The van der Waals surface area contributed by atoms with Gasteiger partial charge < -0.3 is 20.2 Å². The van der Waals surface area contributed by atoms with Gasteiger partial charge >= 0.3 is 6.18 Å². The van der Waals surface area contributed by atoms with Gasteiger partial charge in [-0.1, -0.05) is 31.6 Å².